The molecule has 0 heterocycles. The van der Waals surface area contributed by atoms with Crippen LogP contribution in [-0.4, -0.2) is 54.3 Å². The topological polar surface area (TPSA) is 43.0 Å². The Morgan fingerprint density at radius 3 is 2.00 bits per heavy atom. The lowest BCUT2D eigenvalue weighted by Crippen LogP contribution is -2.49. The fourth-order valence-corrected chi connectivity index (χ4v) is 5.17. The van der Waals surface area contributed by atoms with E-state index < -0.39 is 8.80 Å². The second-order valence-electron chi connectivity index (χ2n) is 5.49. The van der Waals surface area contributed by atoms with Gasteiger partial charge in [0.05, 0.1) is 0 Å². The Hall–Kier alpha value is -1.02. The van der Waals surface area contributed by atoms with Crippen molar-refractivity contribution in [3.63, 3.8) is 0 Å². The Morgan fingerprint density at radius 2 is 1.54 bits per heavy atom. The second-order valence-corrected chi connectivity index (χ2v) is 8.11. The van der Waals surface area contributed by atoms with Crippen molar-refractivity contribution in [2.45, 2.75) is 27.2 Å². The third-order valence-electron chi connectivity index (χ3n) is 3.36. The Kier molecular flexibility index (Phi) is 10.1. The summed E-state index contributed by atoms with van der Waals surface area (Å²) in [7, 11) is 1.09. The highest BCUT2D eigenvalue weighted by molar-refractivity contribution is 6.69. The van der Waals surface area contributed by atoms with E-state index in [1.165, 1.54) is 0 Å². The molecular formula is C18H32N2O3Si. The Balaban J connectivity index is 3.16. The van der Waals surface area contributed by atoms with Crippen molar-refractivity contribution in [3.05, 3.63) is 41.1 Å². The molecule has 1 rings (SSSR count). The maximum absolute atomic E-state index is 6.09. The third kappa shape index (κ3) is 6.84. The van der Waals surface area contributed by atoms with Crippen LogP contribution >= 0.6 is 0 Å². The first-order valence-corrected chi connectivity index (χ1v) is 10.4. The van der Waals surface area contributed by atoms with Crippen molar-refractivity contribution in [1.82, 2.24) is 10.4 Å². The number of hydrogen-bond donors (Lipinski definition) is 1. The lowest BCUT2D eigenvalue weighted by molar-refractivity contribution is 0.0799. The molecule has 0 aromatic heterocycles. The number of nitrogens with zero attached hydrogens (tertiary/aromatic N) is 1. The average Bonchev–Trinajstić information content (AvgIpc) is 2.55. The van der Waals surface area contributed by atoms with Gasteiger partial charge in [0.1, 0.15) is 0 Å². The highest BCUT2D eigenvalue weighted by Gasteiger charge is 2.44. The highest BCUT2D eigenvalue weighted by atomic mass is 28.4. The quantitative estimate of drug-likeness (QED) is 0.462. The van der Waals surface area contributed by atoms with Crippen molar-refractivity contribution in [3.8, 4) is 0 Å². The molecule has 0 aliphatic heterocycles. The summed E-state index contributed by atoms with van der Waals surface area (Å²) >= 11 is 0. The molecule has 24 heavy (non-hydrogen) atoms. The zero-order valence-corrected chi connectivity index (χ0v) is 16.7. The lowest BCUT2D eigenvalue weighted by Gasteiger charge is -2.31. The van der Waals surface area contributed by atoms with Gasteiger partial charge in [-0.15, -0.1) is 0 Å². The Morgan fingerprint density at radius 1 is 1.00 bits per heavy atom. The minimum atomic E-state index is -2.88. The van der Waals surface area contributed by atoms with Crippen LogP contribution in [0.3, 0.4) is 0 Å². The Bertz CT molecular complexity index is 463. The van der Waals surface area contributed by atoms with E-state index in [1.54, 1.807) is 0 Å². The van der Waals surface area contributed by atoms with Crippen molar-refractivity contribution < 1.29 is 13.3 Å². The highest BCUT2D eigenvalue weighted by Crippen LogP contribution is 2.25. The predicted molar refractivity (Wildman–Crippen MR) is 101 cm³/mol. The van der Waals surface area contributed by atoms with Crippen LogP contribution in [0, 0.1) is 0 Å². The van der Waals surface area contributed by atoms with Crippen LogP contribution in [0.2, 0.25) is 0 Å². The van der Waals surface area contributed by atoms with Gasteiger partial charge in [0.15, 0.2) is 0 Å². The minimum Gasteiger partial charge on any atom is -0.370 e. The van der Waals surface area contributed by atoms with Crippen molar-refractivity contribution >= 4 is 14.9 Å². The van der Waals surface area contributed by atoms with Crippen LogP contribution < -0.4 is 5.43 Å². The van der Waals surface area contributed by atoms with Gasteiger partial charge in [0.25, 0.3) is 0 Å². The van der Waals surface area contributed by atoms with E-state index >= 15 is 0 Å². The maximum atomic E-state index is 6.09. The van der Waals surface area contributed by atoms with E-state index in [-0.39, 0.29) is 0 Å². The number of rotatable bonds is 12. The van der Waals surface area contributed by atoms with Crippen LogP contribution in [0.4, 0.5) is 0 Å². The monoisotopic (exact) mass is 352 g/mol. The molecule has 0 atom stereocenters. The summed E-state index contributed by atoms with van der Waals surface area (Å²) in [4.78, 5) is 0. The fraction of sp³-hybridized carbons (Fsp3) is 0.556. The molecule has 0 amide bonds. The van der Waals surface area contributed by atoms with Gasteiger partial charge < -0.3 is 13.3 Å². The molecule has 1 N–H and O–H groups in total. The van der Waals surface area contributed by atoms with Crippen LogP contribution in [-0.2, 0) is 13.3 Å². The third-order valence-corrected chi connectivity index (χ3v) is 6.55. The molecule has 0 spiro atoms. The van der Waals surface area contributed by atoms with Gasteiger partial charge in [-0.2, -0.15) is 0 Å². The molecule has 0 unspecified atom stereocenters. The van der Waals surface area contributed by atoms with E-state index in [2.05, 4.69) is 23.6 Å². The second kappa shape index (κ2) is 11.5. The summed E-state index contributed by atoms with van der Waals surface area (Å²) in [5.74, 6) is 0. The van der Waals surface area contributed by atoms with Gasteiger partial charge in [-0.25, -0.2) is 0 Å². The van der Waals surface area contributed by atoms with Crippen molar-refractivity contribution in [2.24, 2.45) is 0 Å². The van der Waals surface area contributed by atoms with Gasteiger partial charge >= 0.3 is 8.80 Å². The minimum absolute atomic E-state index is 0.569. The van der Waals surface area contributed by atoms with E-state index in [0.29, 0.717) is 19.8 Å². The zero-order valence-electron chi connectivity index (χ0n) is 15.7. The van der Waals surface area contributed by atoms with E-state index in [0.717, 1.165) is 23.7 Å². The van der Waals surface area contributed by atoms with Gasteiger partial charge in [0, 0.05) is 45.7 Å². The maximum Gasteiger partial charge on any atom is 0.533 e. The summed E-state index contributed by atoms with van der Waals surface area (Å²) in [6.07, 6.45) is 2.96. The molecule has 1 aromatic rings. The number of hydrazine groups is 1. The van der Waals surface area contributed by atoms with Crippen molar-refractivity contribution in [2.75, 3.05) is 40.5 Å². The molecule has 0 saturated heterocycles. The van der Waals surface area contributed by atoms with Crippen LogP contribution in [0.5, 0.6) is 0 Å². The Labute approximate surface area is 147 Å². The number of nitrogens with one attached hydrogen (secondary N) is 1. The van der Waals surface area contributed by atoms with E-state index in [1.807, 2.05) is 58.1 Å². The molecule has 1 aromatic carbocycles. The van der Waals surface area contributed by atoms with E-state index in [9.17, 15) is 0 Å². The smallest absolute Gasteiger partial charge is 0.370 e. The molecule has 0 radical (unpaired) electrons. The van der Waals surface area contributed by atoms with Crippen molar-refractivity contribution in [1.29, 1.82) is 0 Å². The van der Waals surface area contributed by atoms with Crippen LogP contribution in [0.1, 0.15) is 32.8 Å². The molecule has 0 saturated carbocycles. The average molecular weight is 353 g/mol. The molecule has 136 valence electrons. The van der Waals surface area contributed by atoms with E-state index in [4.69, 9.17) is 13.3 Å². The summed E-state index contributed by atoms with van der Waals surface area (Å²) in [6.45, 7) is 8.46. The molecule has 0 aliphatic carbocycles. The molecule has 5 nitrogen and oxygen atoms in total. The molecule has 0 fully saturated rings. The summed E-state index contributed by atoms with van der Waals surface area (Å²) in [6, 6.07) is 10.3. The first-order valence-electron chi connectivity index (χ1n) is 8.66. The fourth-order valence-electron chi connectivity index (χ4n) is 2.45. The normalized spacial score (nSPS) is 12.8. The van der Waals surface area contributed by atoms with Crippen LogP contribution in [0.15, 0.2) is 35.5 Å². The van der Waals surface area contributed by atoms with Gasteiger partial charge in [-0.3, -0.25) is 10.4 Å². The van der Waals surface area contributed by atoms with Gasteiger partial charge in [-0.05, 0) is 32.8 Å². The first kappa shape index (κ1) is 21.0. The predicted octanol–water partition coefficient (Wildman–Crippen LogP) is 3.11. The zero-order chi connectivity index (χ0) is 17.8. The largest absolute Gasteiger partial charge is 0.533 e. The van der Waals surface area contributed by atoms with Gasteiger partial charge in [-0.1, -0.05) is 36.4 Å². The standard InChI is InChI=1S/C18H32N2O3Si/c1-6-21-24(22-7-2,23-8-3)18(14-15-19-20(4)5)16-17-12-10-9-11-13-17/h9-13,16,19H,6-8,14-15H2,1-5H3. The van der Waals surface area contributed by atoms with Crippen LogP contribution in [0.25, 0.3) is 6.08 Å². The molecule has 6 heteroatoms. The summed E-state index contributed by atoms with van der Waals surface area (Å²) in [5.41, 5.74) is 4.44. The summed E-state index contributed by atoms with van der Waals surface area (Å²) < 4.78 is 18.3. The lowest BCUT2D eigenvalue weighted by atomic mass is 10.2. The molecule has 0 bridgehead atoms. The SMILES string of the molecule is CCO[Si](OCC)(OCC)C(=Cc1ccccc1)CCNN(C)C. The number of hydrogen-bond acceptors (Lipinski definition) is 5. The molecule has 0 aliphatic rings. The first-order chi connectivity index (χ1) is 11.6. The summed E-state index contributed by atoms with van der Waals surface area (Å²) in [5, 5.41) is 3.05. The molecular weight excluding hydrogens is 320 g/mol. The number of benzene rings is 1. The van der Waals surface area contributed by atoms with Gasteiger partial charge in [0.2, 0.25) is 0 Å².